The normalized spacial score (nSPS) is 11.8. The number of rotatable bonds is 7. The van der Waals surface area contributed by atoms with Gasteiger partial charge in [-0.05, 0) is 30.2 Å². The third-order valence-electron chi connectivity index (χ3n) is 5.90. The predicted molar refractivity (Wildman–Crippen MR) is 151 cm³/mol. The molecule has 0 saturated heterocycles. The van der Waals surface area contributed by atoms with Gasteiger partial charge in [-0.3, -0.25) is 24.0 Å². The summed E-state index contributed by atoms with van der Waals surface area (Å²) in [4.78, 5) is 70.9. The van der Waals surface area contributed by atoms with E-state index in [1.165, 1.54) is 62.4 Å². The molecule has 1 aliphatic rings. The van der Waals surface area contributed by atoms with E-state index in [0.717, 1.165) is 6.92 Å². The molecule has 0 unspecified atom stereocenters. The third kappa shape index (κ3) is 7.86. The van der Waals surface area contributed by atoms with Crippen LogP contribution in [0, 0.1) is 0 Å². The van der Waals surface area contributed by atoms with Crippen LogP contribution in [0.25, 0.3) is 0 Å². The van der Waals surface area contributed by atoms with Crippen molar-refractivity contribution < 1.29 is 60.4 Å². The molecule has 0 atom stereocenters. The number of para-hydroxylation sites is 1. The molecule has 3 aromatic rings. The van der Waals surface area contributed by atoms with Gasteiger partial charge in [-0.1, -0.05) is 12.1 Å². The number of anilines is 1. The number of phenols is 1. The molecule has 1 amide bonds. The van der Waals surface area contributed by atoms with Gasteiger partial charge in [0.05, 0.1) is 11.1 Å². The van der Waals surface area contributed by atoms with Crippen molar-refractivity contribution in [1.29, 1.82) is 0 Å². The van der Waals surface area contributed by atoms with Crippen molar-refractivity contribution in [2.24, 2.45) is 0 Å². The Bertz CT molecular complexity index is 1760. The van der Waals surface area contributed by atoms with Crippen LogP contribution < -0.4 is 19.1 Å². The minimum Gasteiger partial charge on any atom is -0.481 e. The smallest absolute Gasteiger partial charge is 0.308 e. The summed E-state index contributed by atoms with van der Waals surface area (Å²) in [6.07, 6.45) is -0.119. The number of amides is 1. The first-order chi connectivity index (χ1) is 20.5. The predicted octanol–water partition coefficient (Wildman–Crippen LogP) is 1.24. The number of carbonyl (C=O) groups is 6. The number of hydrogen-bond acceptors (Lipinski definition) is 10. The standard InChI is InChI=1S/C21H16O8.C8H10AsNO5/c1-10(22)28-15-5-3-4-13-18(15)21(27)19-14(20(13)26)8-12(6-7-17(24)25)9-16(19)29-11(2)23;1-5(11)10-8-6(9(13,14)15)3-2-4-7(8)12/h3-5,8-9H,6-7H2,1-2H3,(H,24,25);2-4,12H,1H3,(H,10,11)(H2,13,14,15). The number of aliphatic carboxylic acids is 1. The van der Waals surface area contributed by atoms with Gasteiger partial charge in [0.25, 0.3) is 0 Å². The minimum absolute atomic E-state index is 0.00149. The first-order valence-electron chi connectivity index (χ1n) is 12.6. The molecule has 4 rings (SSSR count). The van der Waals surface area contributed by atoms with Crippen LogP contribution in [0.3, 0.4) is 0 Å². The number of ether oxygens (including phenoxy) is 2. The molecule has 0 heterocycles. The van der Waals surface area contributed by atoms with E-state index >= 15 is 0 Å². The Balaban J connectivity index is 0.000000297. The van der Waals surface area contributed by atoms with E-state index in [-0.39, 0.29) is 62.4 Å². The van der Waals surface area contributed by atoms with Crippen molar-refractivity contribution in [3.8, 4) is 17.2 Å². The second-order valence-electron chi connectivity index (χ2n) is 9.33. The van der Waals surface area contributed by atoms with E-state index in [4.69, 9.17) is 22.8 Å². The maximum Gasteiger partial charge on any atom is 0.308 e. The minimum atomic E-state index is -5.14. The molecular formula is C29H26AsNO13. The number of ketones is 2. The fourth-order valence-corrected chi connectivity index (χ4v) is 5.81. The molecule has 3 aromatic carbocycles. The maximum absolute atomic E-state index is 13.2. The van der Waals surface area contributed by atoms with E-state index in [1.807, 2.05) is 0 Å². The van der Waals surface area contributed by atoms with Gasteiger partial charge in [0.2, 0.25) is 5.78 Å². The zero-order chi connectivity index (χ0) is 32.9. The van der Waals surface area contributed by atoms with Crippen LogP contribution in [0.15, 0.2) is 48.5 Å². The Morgan fingerprint density at radius 3 is 1.98 bits per heavy atom. The van der Waals surface area contributed by atoms with E-state index < -0.39 is 49.6 Å². The van der Waals surface area contributed by atoms with Gasteiger partial charge in [0.15, 0.2) is 5.78 Å². The SMILES string of the molecule is CC(=O)Nc1c(O)cccc1[As](=O)(O)O.CC(=O)Oc1cccc2c1C(=O)c1c(OC(C)=O)cc(CCC(=O)O)cc1C2=O. The number of phenolic OH excluding ortho intramolecular Hbond substituents is 1. The fourth-order valence-electron chi connectivity index (χ4n) is 4.26. The molecule has 0 saturated carbocycles. The van der Waals surface area contributed by atoms with Crippen molar-refractivity contribution in [3.63, 3.8) is 0 Å². The monoisotopic (exact) mass is 671 g/mol. The molecule has 1 aliphatic carbocycles. The molecule has 14 nitrogen and oxygen atoms in total. The number of carboxylic acid groups (broad SMARTS) is 1. The molecule has 44 heavy (non-hydrogen) atoms. The van der Waals surface area contributed by atoms with Gasteiger partial charge < -0.3 is 14.6 Å². The maximum atomic E-state index is 13.2. The van der Waals surface area contributed by atoms with E-state index in [9.17, 15) is 37.6 Å². The number of hydrogen-bond donors (Lipinski definition) is 5. The zero-order valence-corrected chi connectivity index (χ0v) is 25.3. The number of fused-ring (bicyclic) bond motifs is 2. The molecule has 230 valence electrons. The van der Waals surface area contributed by atoms with E-state index in [2.05, 4.69) is 5.32 Å². The molecule has 0 bridgehead atoms. The van der Waals surface area contributed by atoms with Crippen molar-refractivity contribution in [2.75, 3.05) is 5.32 Å². The quantitative estimate of drug-likeness (QED) is 0.0807. The Labute approximate surface area is 252 Å². The summed E-state index contributed by atoms with van der Waals surface area (Å²) in [6, 6.07) is 10.8. The summed E-state index contributed by atoms with van der Waals surface area (Å²) in [5.74, 6) is -4.64. The largest absolute Gasteiger partial charge is 0.481 e. The van der Waals surface area contributed by atoms with Crippen LogP contribution in [0.4, 0.5) is 5.69 Å². The summed E-state index contributed by atoms with van der Waals surface area (Å²) in [5, 5.41) is 20.4. The Hall–Kier alpha value is -5.04. The Morgan fingerprint density at radius 2 is 1.41 bits per heavy atom. The number of aromatic hydroxyl groups is 1. The van der Waals surface area contributed by atoms with Crippen LogP contribution in [0.2, 0.25) is 0 Å². The van der Waals surface area contributed by atoms with E-state index in [1.54, 1.807) is 0 Å². The van der Waals surface area contributed by atoms with Gasteiger partial charge in [-0.15, -0.1) is 0 Å². The summed E-state index contributed by atoms with van der Waals surface area (Å²) in [6.45, 7) is 3.49. The Kier molecular flexibility index (Phi) is 10.3. The number of benzene rings is 3. The fraction of sp³-hybridized carbons (Fsp3) is 0.172. The molecule has 0 aromatic heterocycles. The number of esters is 2. The van der Waals surface area contributed by atoms with Gasteiger partial charge >= 0.3 is 106 Å². The Morgan fingerprint density at radius 1 is 0.818 bits per heavy atom. The van der Waals surface area contributed by atoms with Gasteiger partial charge in [-0.25, -0.2) is 0 Å². The number of nitrogens with one attached hydrogen (secondary N) is 1. The zero-order valence-electron chi connectivity index (χ0n) is 23.4. The molecule has 15 heteroatoms. The second kappa shape index (κ2) is 13.5. The topological polar surface area (TPSA) is 231 Å². The van der Waals surface area contributed by atoms with Gasteiger partial charge in [0, 0.05) is 31.4 Å². The van der Waals surface area contributed by atoms with Crippen LogP contribution >= 0.6 is 0 Å². The summed E-state index contributed by atoms with van der Waals surface area (Å²) < 4.78 is 39.0. The average molecular weight is 671 g/mol. The first-order valence-corrected chi connectivity index (χ1v) is 16.0. The van der Waals surface area contributed by atoms with Crippen molar-refractivity contribution >= 4 is 59.6 Å². The first kappa shape index (κ1) is 33.5. The summed E-state index contributed by atoms with van der Waals surface area (Å²) in [7, 11) is 0. The molecule has 0 aliphatic heterocycles. The summed E-state index contributed by atoms with van der Waals surface area (Å²) in [5.41, 5.74) is 0.0379. The number of carbonyl (C=O) groups excluding carboxylic acids is 5. The van der Waals surface area contributed by atoms with Crippen LogP contribution in [-0.2, 0) is 29.3 Å². The van der Waals surface area contributed by atoms with Crippen molar-refractivity contribution in [1.82, 2.24) is 0 Å². The molecule has 5 N–H and O–H groups in total. The van der Waals surface area contributed by atoms with Crippen LogP contribution in [0.5, 0.6) is 17.2 Å². The number of aryl methyl sites for hydroxylation is 1. The molecule has 0 fully saturated rings. The van der Waals surface area contributed by atoms with Crippen molar-refractivity contribution in [2.45, 2.75) is 33.6 Å². The molecule has 0 spiro atoms. The molecular weight excluding hydrogens is 645 g/mol. The van der Waals surface area contributed by atoms with Crippen LogP contribution in [0.1, 0.15) is 64.6 Å². The van der Waals surface area contributed by atoms with Gasteiger partial charge in [0.1, 0.15) is 11.5 Å². The number of carboxylic acids is 1. The third-order valence-corrected chi connectivity index (χ3v) is 8.00. The average Bonchev–Trinajstić information content (AvgIpc) is 2.90. The van der Waals surface area contributed by atoms with Crippen LogP contribution in [-0.4, -0.2) is 68.0 Å². The van der Waals surface area contributed by atoms with Crippen molar-refractivity contribution in [3.05, 3.63) is 76.3 Å². The molecule has 0 radical (unpaired) electrons. The second-order valence-corrected chi connectivity index (χ2v) is 12.6. The van der Waals surface area contributed by atoms with E-state index in [0.29, 0.717) is 5.56 Å². The summed E-state index contributed by atoms with van der Waals surface area (Å²) >= 11 is -5.14. The van der Waals surface area contributed by atoms with Gasteiger partial charge in [-0.2, -0.15) is 0 Å².